The van der Waals surface area contributed by atoms with Gasteiger partial charge in [-0.3, -0.25) is 14.6 Å². The minimum atomic E-state index is -0.0247. The lowest BCUT2D eigenvalue weighted by atomic mass is 10.1. The van der Waals surface area contributed by atoms with E-state index in [4.69, 9.17) is 18.9 Å². The van der Waals surface area contributed by atoms with Crippen LogP contribution in [0.5, 0.6) is 11.5 Å². The minimum Gasteiger partial charge on any atom is -0.493 e. The van der Waals surface area contributed by atoms with Gasteiger partial charge in [0, 0.05) is 52.4 Å². The molecule has 0 bridgehead atoms. The van der Waals surface area contributed by atoms with Crippen molar-refractivity contribution >= 4 is 5.91 Å². The first-order chi connectivity index (χ1) is 17.6. The molecule has 2 aliphatic rings. The molecule has 0 spiro atoms. The predicted octanol–water partition coefficient (Wildman–Crippen LogP) is 2.31. The summed E-state index contributed by atoms with van der Waals surface area (Å²) in [7, 11) is 3.30. The zero-order valence-electron chi connectivity index (χ0n) is 21.6. The van der Waals surface area contributed by atoms with E-state index in [2.05, 4.69) is 15.9 Å². The molecule has 2 aromatic carbocycles. The largest absolute Gasteiger partial charge is 0.493 e. The van der Waals surface area contributed by atoms with Gasteiger partial charge in [0.05, 0.1) is 46.6 Å². The summed E-state index contributed by atoms with van der Waals surface area (Å²) in [6, 6.07) is 16.0. The third-order valence-corrected chi connectivity index (χ3v) is 6.84. The van der Waals surface area contributed by atoms with Crippen molar-refractivity contribution in [3.63, 3.8) is 0 Å². The summed E-state index contributed by atoms with van der Waals surface area (Å²) in [6.07, 6.45) is 0.384. The first-order valence-electron chi connectivity index (χ1n) is 12.8. The number of carbonyl (C=O) groups is 1. The molecule has 1 atom stereocenters. The Hall–Kier alpha value is -2.65. The van der Waals surface area contributed by atoms with Crippen molar-refractivity contribution in [1.29, 1.82) is 0 Å². The molecule has 2 saturated heterocycles. The van der Waals surface area contributed by atoms with Crippen molar-refractivity contribution in [3.05, 3.63) is 59.7 Å². The second-order valence-corrected chi connectivity index (χ2v) is 9.37. The summed E-state index contributed by atoms with van der Waals surface area (Å²) in [5.41, 5.74) is 2.20. The van der Waals surface area contributed by atoms with E-state index in [0.717, 1.165) is 75.1 Å². The van der Waals surface area contributed by atoms with Crippen LogP contribution in [0, 0.1) is 0 Å². The molecule has 0 radical (unpaired) electrons. The molecule has 2 fully saturated rings. The Morgan fingerprint density at radius 2 is 1.69 bits per heavy atom. The summed E-state index contributed by atoms with van der Waals surface area (Å²) >= 11 is 0. The first-order valence-corrected chi connectivity index (χ1v) is 12.8. The van der Waals surface area contributed by atoms with E-state index in [9.17, 15) is 4.79 Å². The Morgan fingerprint density at radius 3 is 2.44 bits per heavy atom. The van der Waals surface area contributed by atoms with E-state index < -0.39 is 0 Å². The lowest BCUT2D eigenvalue weighted by Crippen LogP contribution is -2.50. The molecule has 2 aromatic rings. The molecule has 0 N–H and O–H groups in total. The Kier molecular flexibility index (Phi) is 9.98. The highest BCUT2D eigenvalue weighted by Gasteiger charge is 2.26. The highest BCUT2D eigenvalue weighted by Crippen LogP contribution is 2.28. The molecule has 2 heterocycles. The van der Waals surface area contributed by atoms with Crippen molar-refractivity contribution in [2.45, 2.75) is 19.1 Å². The molecular weight excluding hydrogens is 458 g/mol. The number of rotatable bonds is 11. The molecule has 0 aliphatic carbocycles. The van der Waals surface area contributed by atoms with Crippen molar-refractivity contribution in [2.24, 2.45) is 0 Å². The first kappa shape index (κ1) is 26.4. The minimum absolute atomic E-state index is 0.0247. The number of hydrogen-bond acceptors (Lipinski definition) is 7. The van der Waals surface area contributed by atoms with Crippen LogP contribution >= 0.6 is 0 Å². The molecule has 0 saturated carbocycles. The fraction of sp³-hybridized carbons (Fsp3) is 0.536. The van der Waals surface area contributed by atoms with E-state index >= 15 is 0 Å². The number of hydrogen-bond donors (Lipinski definition) is 0. The van der Waals surface area contributed by atoms with Crippen LogP contribution in [0.2, 0.25) is 0 Å². The van der Waals surface area contributed by atoms with Crippen molar-refractivity contribution in [1.82, 2.24) is 14.7 Å². The van der Waals surface area contributed by atoms with E-state index in [1.807, 2.05) is 47.4 Å². The van der Waals surface area contributed by atoms with Gasteiger partial charge >= 0.3 is 0 Å². The number of benzene rings is 2. The van der Waals surface area contributed by atoms with Gasteiger partial charge in [-0.15, -0.1) is 0 Å². The standard InChI is InChI=1S/C28H39N3O5/c1-33-26-9-8-24(18-27(26)34-2)20-30-14-17-36-25(21-30)22-31(11-10-29-12-15-35-16-13-29)28(32)19-23-6-4-3-5-7-23/h3-9,18,25H,10-17,19-22H2,1-2H3. The lowest BCUT2D eigenvalue weighted by Gasteiger charge is -2.37. The average Bonchev–Trinajstić information content (AvgIpc) is 2.92. The summed E-state index contributed by atoms with van der Waals surface area (Å²) in [6.45, 7) is 8.58. The maximum absolute atomic E-state index is 13.4. The average molecular weight is 498 g/mol. The normalized spacial score (nSPS) is 19.1. The van der Waals surface area contributed by atoms with Crippen LogP contribution in [0.1, 0.15) is 11.1 Å². The van der Waals surface area contributed by atoms with Gasteiger partial charge in [0.25, 0.3) is 0 Å². The number of carbonyl (C=O) groups excluding carboxylic acids is 1. The molecule has 2 aliphatic heterocycles. The van der Waals surface area contributed by atoms with Gasteiger partial charge in [0.15, 0.2) is 11.5 Å². The zero-order valence-corrected chi connectivity index (χ0v) is 21.6. The van der Waals surface area contributed by atoms with Crippen molar-refractivity contribution in [2.75, 3.05) is 79.9 Å². The monoisotopic (exact) mass is 497 g/mol. The van der Waals surface area contributed by atoms with Crippen LogP contribution in [0.25, 0.3) is 0 Å². The molecule has 4 rings (SSSR count). The quantitative estimate of drug-likeness (QED) is 0.472. The number of morpholine rings is 2. The number of nitrogens with zero attached hydrogens (tertiary/aromatic N) is 3. The van der Waals surface area contributed by atoms with Gasteiger partial charge < -0.3 is 23.8 Å². The zero-order chi connectivity index (χ0) is 25.2. The molecule has 36 heavy (non-hydrogen) atoms. The van der Waals surface area contributed by atoms with Crippen LogP contribution < -0.4 is 9.47 Å². The van der Waals surface area contributed by atoms with Gasteiger partial charge in [-0.05, 0) is 23.3 Å². The molecule has 0 aromatic heterocycles. The van der Waals surface area contributed by atoms with Crippen LogP contribution in [-0.4, -0.2) is 107 Å². The molecule has 196 valence electrons. The van der Waals surface area contributed by atoms with Gasteiger partial charge in [-0.2, -0.15) is 0 Å². The summed E-state index contributed by atoms with van der Waals surface area (Å²) in [4.78, 5) is 20.1. The summed E-state index contributed by atoms with van der Waals surface area (Å²) in [5.74, 6) is 1.62. The fourth-order valence-corrected chi connectivity index (χ4v) is 4.80. The molecule has 8 heteroatoms. The Labute approximate surface area is 214 Å². The van der Waals surface area contributed by atoms with Crippen LogP contribution in [0.3, 0.4) is 0 Å². The topological polar surface area (TPSA) is 63.7 Å². The van der Waals surface area contributed by atoms with E-state index in [-0.39, 0.29) is 12.0 Å². The van der Waals surface area contributed by atoms with Crippen LogP contribution in [0.4, 0.5) is 0 Å². The second kappa shape index (κ2) is 13.6. The Morgan fingerprint density at radius 1 is 0.944 bits per heavy atom. The van der Waals surface area contributed by atoms with Gasteiger partial charge in [-0.1, -0.05) is 36.4 Å². The van der Waals surface area contributed by atoms with Crippen LogP contribution in [0.15, 0.2) is 48.5 Å². The maximum Gasteiger partial charge on any atom is 0.227 e. The number of ether oxygens (including phenoxy) is 4. The predicted molar refractivity (Wildman–Crippen MR) is 139 cm³/mol. The second-order valence-electron chi connectivity index (χ2n) is 9.37. The van der Waals surface area contributed by atoms with E-state index in [0.29, 0.717) is 26.1 Å². The number of amides is 1. The smallest absolute Gasteiger partial charge is 0.227 e. The van der Waals surface area contributed by atoms with E-state index in [1.165, 1.54) is 0 Å². The lowest BCUT2D eigenvalue weighted by molar-refractivity contribution is -0.134. The van der Waals surface area contributed by atoms with E-state index in [1.54, 1.807) is 14.2 Å². The third-order valence-electron chi connectivity index (χ3n) is 6.84. The molecule has 1 amide bonds. The summed E-state index contributed by atoms with van der Waals surface area (Å²) < 4.78 is 22.5. The third kappa shape index (κ3) is 7.67. The van der Waals surface area contributed by atoms with Gasteiger partial charge in [0.1, 0.15) is 0 Å². The van der Waals surface area contributed by atoms with Gasteiger partial charge in [0.2, 0.25) is 5.91 Å². The maximum atomic E-state index is 13.4. The Balaban J connectivity index is 1.37. The van der Waals surface area contributed by atoms with Crippen molar-refractivity contribution < 1.29 is 23.7 Å². The summed E-state index contributed by atoms with van der Waals surface area (Å²) in [5, 5.41) is 0. The van der Waals surface area contributed by atoms with Gasteiger partial charge in [-0.25, -0.2) is 0 Å². The highest BCUT2D eigenvalue weighted by molar-refractivity contribution is 5.78. The molecular formula is C28H39N3O5. The molecule has 8 nitrogen and oxygen atoms in total. The van der Waals surface area contributed by atoms with Crippen LogP contribution in [-0.2, 0) is 27.2 Å². The van der Waals surface area contributed by atoms with Crippen molar-refractivity contribution in [3.8, 4) is 11.5 Å². The molecule has 1 unspecified atom stereocenters. The SMILES string of the molecule is COc1ccc(CN2CCOC(CN(CCN3CCOCC3)C(=O)Cc3ccccc3)C2)cc1OC. The Bertz CT molecular complexity index is 951. The highest BCUT2D eigenvalue weighted by atomic mass is 16.5. The fourth-order valence-electron chi connectivity index (χ4n) is 4.80. The number of methoxy groups -OCH3 is 2.